The number of fused-ring (bicyclic) bond motifs is 1. The number of halogens is 2. The van der Waals surface area contributed by atoms with Crippen LogP contribution < -0.4 is 10.2 Å². The van der Waals surface area contributed by atoms with Crippen LogP contribution >= 0.6 is 0 Å². The van der Waals surface area contributed by atoms with Crippen LogP contribution in [-0.4, -0.2) is 17.7 Å². The zero-order valence-electron chi connectivity index (χ0n) is 17.7. The summed E-state index contributed by atoms with van der Waals surface area (Å²) < 4.78 is 26.7. The van der Waals surface area contributed by atoms with Crippen molar-refractivity contribution < 1.29 is 23.2 Å². The first-order valence-electron chi connectivity index (χ1n) is 10.0. The monoisotopic (exact) mass is 434 g/mol. The Balaban J connectivity index is 1.60. The molecule has 3 amide bonds. The fourth-order valence-electron chi connectivity index (χ4n) is 3.71. The number of carbonyl (C=O) groups is 3. The van der Waals surface area contributed by atoms with Crippen LogP contribution in [0.1, 0.15) is 60.7 Å². The Morgan fingerprint density at radius 1 is 0.875 bits per heavy atom. The first-order valence-corrected chi connectivity index (χ1v) is 10.0. The van der Waals surface area contributed by atoms with E-state index in [4.69, 9.17) is 0 Å². The molecule has 1 N–H and O–H groups in total. The molecule has 162 valence electrons. The van der Waals surface area contributed by atoms with Crippen LogP contribution in [0.5, 0.6) is 0 Å². The van der Waals surface area contributed by atoms with E-state index in [1.165, 1.54) is 24.3 Å². The summed E-state index contributed by atoms with van der Waals surface area (Å²) in [7, 11) is 0. The van der Waals surface area contributed by atoms with Gasteiger partial charge >= 0.3 is 0 Å². The molecule has 32 heavy (non-hydrogen) atoms. The van der Waals surface area contributed by atoms with Crippen molar-refractivity contribution in [2.24, 2.45) is 0 Å². The molecule has 0 aliphatic carbocycles. The van der Waals surface area contributed by atoms with Crippen LogP contribution in [-0.2, 0) is 0 Å². The van der Waals surface area contributed by atoms with E-state index >= 15 is 0 Å². The van der Waals surface area contributed by atoms with Crippen molar-refractivity contribution in [1.82, 2.24) is 5.32 Å². The van der Waals surface area contributed by atoms with Gasteiger partial charge < -0.3 is 5.32 Å². The third kappa shape index (κ3) is 3.66. The van der Waals surface area contributed by atoms with Crippen molar-refractivity contribution in [1.29, 1.82) is 0 Å². The van der Waals surface area contributed by atoms with Crippen LogP contribution in [0.3, 0.4) is 0 Å². The highest BCUT2D eigenvalue weighted by atomic mass is 19.2. The molecule has 4 rings (SSSR count). The van der Waals surface area contributed by atoms with Gasteiger partial charge in [-0.05, 0) is 73.9 Å². The minimum absolute atomic E-state index is 0.143. The van der Waals surface area contributed by atoms with Gasteiger partial charge in [0.1, 0.15) is 0 Å². The first kappa shape index (κ1) is 21.4. The highest BCUT2D eigenvalue weighted by Gasteiger charge is 2.37. The number of imide groups is 1. The molecule has 0 bridgehead atoms. The van der Waals surface area contributed by atoms with E-state index in [0.29, 0.717) is 11.3 Å². The molecule has 3 aromatic carbocycles. The summed E-state index contributed by atoms with van der Waals surface area (Å²) >= 11 is 0. The number of amides is 3. The van der Waals surface area contributed by atoms with Crippen molar-refractivity contribution in [2.75, 3.05) is 4.90 Å². The van der Waals surface area contributed by atoms with Crippen LogP contribution in [0.15, 0.2) is 54.6 Å². The number of hydrogen-bond donors (Lipinski definition) is 1. The van der Waals surface area contributed by atoms with Gasteiger partial charge in [-0.15, -0.1) is 0 Å². The number of benzene rings is 3. The second kappa shape index (κ2) is 8.00. The van der Waals surface area contributed by atoms with Gasteiger partial charge in [0.25, 0.3) is 17.7 Å². The third-order valence-corrected chi connectivity index (χ3v) is 5.55. The van der Waals surface area contributed by atoms with Gasteiger partial charge in [-0.25, -0.2) is 13.7 Å². The number of anilines is 1. The fraction of sp³-hybridized carbons (Fsp3) is 0.160. The van der Waals surface area contributed by atoms with Crippen LogP contribution in [0.2, 0.25) is 0 Å². The summed E-state index contributed by atoms with van der Waals surface area (Å²) in [4.78, 5) is 39.8. The van der Waals surface area contributed by atoms with E-state index in [2.05, 4.69) is 5.32 Å². The normalized spacial score (nSPS) is 13.8. The molecular formula is C25H20F2N2O3. The fourth-order valence-corrected chi connectivity index (χ4v) is 3.71. The molecule has 3 aromatic rings. The average molecular weight is 434 g/mol. The molecule has 0 aromatic heterocycles. The Labute approximate surface area is 183 Å². The average Bonchev–Trinajstić information content (AvgIpc) is 3.01. The van der Waals surface area contributed by atoms with Crippen molar-refractivity contribution in [3.8, 4) is 0 Å². The number of carbonyl (C=O) groups excluding carboxylic acids is 3. The first-order chi connectivity index (χ1) is 15.2. The Hall–Kier alpha value is -3.87. The van der Waals surface area contributed by atoms with E-state index in [-0.39, 0.29) is 16.7 Å². The number of nitrogens with one attached hydrogen (secondary N) is 1. The van der Waals surface area contributed by atoms with Gasteiger partial charge in [-0.2, -0.15) is 0 Å². The molecule has 5 nitrogen and oxygen atoms in total. The Morgan fingerprint density at radius 3 is 2.31 bits per heavy atom. The number of hydrogen-bond acceptors (Lipinski definition) is 3. The maximum Gasteiger partial charge on any atom is 0.266 e. The minimum atomic E-state index is -1.00. The molecule has 1 atom stereocenters. The lowest BCUT2D eigenvalue weighted by atomic mass is 10.0. The lowest BCUT2D eigenvalue weighted by Gasteiger charge is -2.17. The number of nitrogens with zero attached hydrogens (tertiary/aromatic N) is 1. The lowest BCUT2D eigenvalue weighted by Crippen LogP contribution is -2.30. The SMILES string of the molecule is Cc1ccc(C)c(N2C(=O)c3ccc(C(=O)NC(C)c4ccc(F)c(F)c4)cc3C2=O)c1. The second-order valence-electron chi connectivity index (χ2n) is 7.86. The molecule has 1 aliphatic rings. The topological polar surface area (TPSA) is 66.5 Å². The molecule has 1 unspecified atom stereocenters. The summed E-state index contributed by atoms with van der Waals surface area (Å²) in [5.41, 5.74) is 3.14. The Bertz CT molecular complexity index is 1290. The number of aryl methyl sites for hydroxylation is 2. The predicted molar refractivity (Wildman–Crippen MR) is 116 cm³/mol. The van der Waals surface area contributed by atoms with Gasteiger partial charge in [0, 0.05) is 5.56 Å². The highest BCUT2D eigenvalue weighted by molar-refractivity contribution is 6.35. The summed E-state index contributed by atoms with van der Waals surface area (Å²) in [5.74, 6) is -3.42. The molecule has 0 saturated heterocycles. The summed E-state index contributed by atoms with van der Waals surface area (Å²) in [6.07, 6.45) is 0. The van der Waals surface area contributed by atoms with Gasteiger partial charge in [-0.3, -0.25) is 14.4 Å². The summed E-state index contributed by atoms with van der Waals surface area (Å²) in [6, 6.07) is 12.6. The maximum atomic E-state index is 13.5. The lowest BCUT2D eigenvalue weighted by molar-refractivity contribution is 0.0921. The van der Waals surface area contributed by atoms with Crippen molar-refractivity contribution in [3.05, 3.63) is 99.6 Å². The zero-order chi connectivity index (χ0) is 23.2. The minimum Gasteiger partial charge on any atom is -0.346 e. The summed E-state index contributed by atoms with van der Waals surface area (Å²) in [5, 5.41) is 2.70. The van der Waals surface area contributed by atoms with Crippen molar-refractivity contribution >= 4 is 23.4 Å². The Morgan fingerprint density at radius 2 is 1.59 bits per heavy atom. The second-order valence-corrected chi connectivity index (χ2v) is 7.86. The third-order valence-electron chi connectivity index (χ3n) is 5.55. The van der Waals surface area contributed by atoms with Crippen LogP contribution in [0.4, 0.5) is 14.5 Å². The van der Waals surface area contributed by atoms with E-state index in [0.717, 1.165) is 28.2 Å². The molecular weight excluding hydrogens is 414 g/mol. The predicted octanol–water partition coefficient (Wildman–Crippen LogP) is 4.87. The van der Waals surface area contributed by atoms with Gasteiger partial charge in [-0.1, -0.05) is 18.2 Å². The molecule has 0 radical (unpaired) electrons. The van der Waals surface area contributed by atoms with Crippen LogP contribution in [0.25, 0.3) is 0 Å². The van der Waals surface area contributed by atoms with E-state index in [1.807, 2.05) is 26.0 Å². The van der Waals surface area contributed by atoms with Gasteiger partial charge in [0.05, 0.1) is 22.9 Å². The molecule has 1 heterocycles. The van der Waals surface area contributed by atoms with Gasteiger partial charge in [0.15, 0.2) is 11.6 Å². The molecule has 0 saturated carbocycles. The van der Waals surface area contributed by atoms with E-state index in [1.54, 1.807) is 13.0 Å². The van der Waals surface area contributed by atoms with Crippen LogP contribution in [0, 0.1) is 25.5 Å². The standard InChI is InChI=1S/C25H20F2N2O3/c1-13-4-5-14(2)22(10-13)29-24(31)18-8-6-17(11-19(18)25(29)32)23(30)28-15(3)16-7-9-20(26)21(27)12-16/h4-12,15H,1-3H3,(H,28,30). The zero-order valence-corrected chi connectivity index (χ0v) is 17.7. The maximum absolute atomic E-state index is 13.5. The van der Waals surface area contributed by atoms with E-state index in [9.17, 15) is 23.2 Å². The van der Waals surface area contributed by atoms with Gasteiger partial charge in [0.2, 0.25) is 0 Å². The summed E-state index contributed by atoms with van der Waals surface area (Å²) in [6.45, 7) is 5.32. The molecule has 0 fully saturated rings. The highest BCUT2D eigenvalue weighted by Crippen LogP contribution is 2.32. The quantitative estimate of drug-likeness (QED) is 0.596. The van der Waals surface area contributed by atoms with Crippen molar-refractivity contribution in [3.63, 3.8) is 0 Å². The van der Waals surface area contributed by atoms with E-state index < -0.39 is 35.4 Å². The molecule has 0 spiro atoms. The molecule has 1 aliphatic heterocycles. The number of rotatable bonds is 4. The van der Waals surface area contributed by atoms with Crippen molar-refractivity contribution in [2.45, 2.75) is 26.8 Å². The Kier molecular flexibility index (Phi) is 5.34. The largest absolute Gasteiger partial charge is 0.346 e. The smallest absolute Gasteiger partial charge is 0.266 e. The molecule has 7 heteroatoms.